The Morgan fingerprint density at radius 2 is 2.08 bits per heavy atom. The van der Waals surface area contributed by atoms with E-state index in [1.54, 1.807) is 22.6 Å². The predicted molar refractivity (Wildman–Crippen MR) is 46.3 cm³/mol. The molecule has 0 fully saturated rings. The van der Waals surface area contributed by atoms with E-state index in [-0.39, 0.29) is 5.69 Å². The highest BCUT2D eigenvalue weighted by Crippen LogP contribution is 2.29. The van der Waals surface area contributed by atoms with E-state index >= 15 is 0 Å². The van der Waals surface area contributed by atoms with Crippen molar-refractivity contribution in [2.75, 3.05) is 5.73 Å². The number of hydrogen-bond acceptors (Lipinski definition) is 2. The number of aromatic nitrogens is 1. The monoisotopic (exact) mass is 288 g/mol. The van der Waals surface area contributed by atoms with Gasteiger partial charge in [-0.15, -0.1) is 0 Å². The lowest BCUT2D eigenvalue weighted by Crippen LogP contribution is -2.03. The molecule has 0 aliphatic carbocycles. The van der Waals surface area contributed by atoms with Crippen molar-refractivity contribution in [2.24, 2.45) is 0 Å². The summed E-state index contributed by atoms with van der Waals surface area (Å²) in [6, 6.07) is 0. The minimum absolute atomic E-state index is 0.238. The summed E-state index contributed by atoms with van der Waals surface area (Å²) in [5.41, 5.74) is 4.16. The number of hydrogen-bond donors (Lipinski definition) is 1. The van der Waals surface area contributed by atoms with Gasteiger partial charge in [-0.25, -0.2) is 13.8 Å². The first-order valence-corrected chi connectivity index (χ1v) is 3.99. The SMILES string of the molecule is Nc1c(I)cnc(F)c1C(F)F. The van der Waals surface area contributed by atoms with Crippen LogP contribution in [0.5, 0.6) is 0 Å². The van der Waals surface area contributed by atoms with Gasteiger partial charge in [-0.05, 0) is 22.6 Å². The molecular formula is C6H4F3IN2. The molecule has 2 N–H and O–H groups in total. The van der Waals surface area contributed by atoms with Crippen LogP contribution in [-0.4, -0.2) is 4.98 Å². The summed E-state index contributed by atoms with van der Waals surface area (Å²) in [5.74, 6) is -1.21. The van der Waals surface area contributed by atoms with Gasteiger partial charge < -0.3 is 5.73 Å². The molecule has 0 aliphatic heterocycles. The van der Waals surface area contributed by atoms with Gasteiger partial charge in [-0.2, -0.15) is 4.39 Å². The van der Waals surface area contributed by atoms with Gasteiger partial charge in [-0.3, -0.25) is 0 Å². The summed E-state index contributed by atoms with van der Waals surface area (Å²) >= 11 is 1.71. The third kappa shape index (κ3) is 1.62. The molecule has 0 aromatic carbocycles. The van der Waals surface area contributed by atoms with Gasteiger partial charge in [0, 0.05) is 6.20 Å². The van der Waals surface area contributed by atoms with Crippen molar-refractivity contribution in [3.8, 4) is 0 Å². The van der Waals surface area contributed by atoms with Crippen molar-refractivity contribution >= 4 is 28.3 Å². The van der Waals surface area contributed by atoms with Crippen LogP contribution in [0.3, 0.4) is 0 Å². The van der Waals surface area contributed by atoms with Crippen molar-refractivity contribution in [3.05, 3.63) is 21.3 Å². The van der Waals surface area contributed by atoms with E-state index in [0.29, 0.717) is 3.57 Å². The number of nitrogens with two attached hydrogens (primary N) is 1. The molecule has 12 heavy (non-hydrogen) atoms. The van der Waals surface area contributed by atoms with Crippen molar-refractivity contribution in [1.82, 2.24) is 4.98 Å². The van der Waals surface area contributed by atoms with Gasteiger partial charge >= 0.3 is 0 Å². The number of pyridine rings is 1. The summed E-state index contributed by atoms with van der Waals surface area (Å²) < 4.78 is 37.1. The fraction of sp³-hybridized carbons (Fsp3) is 0.167. The quantitative estimate of drug-likeness (QED) is 0.636. The van der Waals surface area contributed by atoms with Gasteiger partial charge in [0.25, 0.3) is 6.43 Å². The van der Waals surface area contributed by atoms with Crippen molar-refractivity contribution in [3.63, 3.8) is 0 Å². The van der Waals surface area contributed by atoms with Crippen LogP contribution in [0, 0.1) is 9.52 Å². The second-order valence-corrected chi connectivity index (χ2v) is 3.19. The van der Waals surface area contributed by atoms with Gasteiger partial charge in [0.15, 0.2) is 0 Å². The van der Waals surface area contributed by atoms with E-state index in [1.807, 2.05) is 0 Å². The normalized spacial score (nSPS) is 10.8. The molecular weight excluding hydrogens is 284 g/mol. The van der Waals surface area contributed by atoms with Crippen LogP contribution in [0.15, 0.2) is 6.20 Å². The van der Waals surface area contributed by atoms with Gasteiger partial charge in [0.2, 0.25) is 5.95 Å². The highest BCUT2D eigenvalue weighted by Gasteiger charge is 2.19. The van der Waals surface area contributed by atoms with E-state index in [2.05, 4.69) is 4.98 Å². The number of alkyl halides is 2. The molecule has 0 saturated carbocycles. The Labute approximate surface area is 80.1 Å². The van der Waals surface area contributed by atoms with E-state index in [9.17, 15) is 13.2 Å². The minimum atomic E-state index is -2.92. The lowest BCUT2D eigenvalue weighted by molar-refractivity contribution is 0.146. The number of nitrogens with zero attached hydrogens (tertiary/aromatic N) is 1. The fourth-order valence-electron chi connectivity index (χ4n) is 0.700. The van der Waals surface area contributed by atoms with Crippen molar-refractivity contribution < 1.29 is 13.2 Å². The van der Waals surface area contributed by atoms with Crippen LogP contribution < -0.4 is 5.73 Å². The maximum atomic E-state index is 12.6. The zero-order valence-electron chi connectivity index (χ0n) is 5.69. The molecule has 1 aromatic heterocycles. The minimum Gasteiger partial charge on any atom is -0.397 e. The molecule has 0 bridgehead atoms. The van der Waals surface area contributed by atoms with E-state index < -0.39 is 17.9 Å². The summed E-state index contributed by atoms with van der Waals surface area (Å²) in [5, 5.41) is 0. The molecule has 1 aromatic rings. The highest BCUT2D eigenvalue weighted by atomic mass is 127. The standard InChI is InChI=1S/C6H4F3IN2/c7-5(8)3-4(11)2(10)1-12-6(3)9/h1,5H,(H2,11,12). The maximum absolute atomic E-state index is 12.6. The van der Waals surface area contributed by atoms with Crippen LogP contribution >= 0.6 is 22.6 Å². The molecule has 0 amide bonds. The molecule has 6 heteroatoms. The van der Waals surface area contributed by atoms with Crippen LogP contribution in [0.1, 0.15) is 12.0 Å². The van der Waals surface area contributed by atoms with Gasteiger partial charge in [0.05, 0.1) is 14.8 Å². The van der Waals surface area contributed by atoms with Crippen LogP contribution in [0.2, 0.25) is 0 Å². The zero-order valence-corrected chi connectivity index (χ0v) is 7.85. The maximum Gasteiger partial charge on any atom is 0.270 e. The number of rotatable bonds is 1. The first kappa shape index (κ1) is 9.56. The van der Waals surface area contributed by atoms with Crippen LogP contribution in [0.25, 0.3) is 0 Å². The summed E-state index contributed by atoms with van der Waals surface area (Å²) in [7, 11) is 0. The smallest absolute Gasteiger partial charge is 0.270 e. The fourth-order valence-corrected chi connectivity index (χ4v) is 1.13. The average Bonchev–Trinajstić information content (AvgIpc) is 1.97. The Bertz CT molecular complexity index is 303. The second-order valence-electron chi connectivity index (χ2n) is 2.02. The molecule has 0 unspecified atom stereocenters. The number of nitrogen functional groups attached to an aromatic ring is 1. The predicted octanol–water partition coefficient (Wildman–Crippen LogP) is 2.35. The Kier molecular flexibility index (Phi) is 2.76. The van der Waals surface area contributed by atoms with Gasteiger partial charge in [-0.1, -0.05) is 0 Å². The van der Waals surface area contributed by atoms with Gasteiger partial charge in [0.1, 0.15) is 0 Å². The van der Waals surface area contributed by atoms with Crippen LogP contribution in [-0.2, 0) is 0 Å². The third-order valence-electron chi connectivity index (χ3n) is 1.28. The molecule has 2 nitrogen and oxygen atoms in total. The zero-order chi connectivity index (χ0) is 9.30. The van der Waals surface area contributed by atoms with E-state index in [0.717, 1.165) is 6.20 Å². The molecule has 0 radical (unpaired) electrons. The second kappa shape index (κ2) is 3.46. The molecule has 0 aliphatic rings. The molecule has 0 spiro atoms. The topological polar surface area (TPSA) is 38.9 Å². The Morgan fingerprint density at radius 1 is 1.50 bits per heavy atom. The molecule has 66 valence electrons. The lowest BCUT2D eigenvalue weighted by atomic mass is 10.2. The highest BCUT2D eigenvalue weighted by molar-refractivity contribution is 14.1. The molecule has 1 rings (SSSR count). The lowest BCUT2D eigenvalue weighted by Gasteiger charge is -2.05. The summed E-state index contributed by atoms with van der Waals surface area (Å²) in [4.78, 5) is 3.13. The van der Waals surface area contributed by atoms with Crippen molar-refractivity contribution in [1.29, 1.82) is 0 Å². The third-order valence-corrected chi connectivity index (χ3v) is 2.14. The molecule has 0 saturated heterocycles. The summed E-state index contributed by atoms with van der Waals surface area (Å²) in [6.07, 6.45) is -1.82. The van der Waals surface area contributed by atoms with E-state index in [4.69, 9.17) is 5.73 Å². The Balaban J connectivity index is 3.33. The largest absolute Gasteiger partial charge is 0.397 e. The number of anilines is 1. The van der Waals surface area contributed by atoms with Crippen molar-refractivity contribution in [2.45, 2.75) is 6.43 Å². The first-order valence-electron chi connectivity index (χ1n) is 2.91. The Morgan fingerprint density at radius 3 is 2.50 bits per heavy atom. The average molecular weight is 288 g/mol. The summed E-state index contributed by atoms with van der Waals surface area (Å²) in [6.45, 7) is 0. The molecule has 0 atom stereocenters. The first-order chi connectivity index (χ1) is 5.54. The van der Waals surface area contributed by atoms with E-state index in [1.165, 1.54) is 0 Å². The number of halogens is 4. The molecule has 1 heterocycles. The van der Waals surface area contributed by atoms with Crippen LogP contribution in [0.4, 0.5) is 18.9 Å². The Hall–Kier alpha value is -0.530.